The summed E-state index contributed by atoms with van der Waals surface area (Å²) in [5.41, 5.74) is 3.58. The fourth-order valence-electron chi connectivity index (χ4n) is 5.87. The molecule has 0 saturated carbocycles. The number of carbonyl (C=O) groups is 1. The second kappa shape index (κ2) is 12.7. The van der Waals surface area contributed by atoms with Crippen LogP contribution in [-0.4, -0.2) is 40.7 Å². The molecule has 0 spiro atoms. The standard InChI is InChI=1S/C34H34F3N3O4/c1-2-43-31(41)32(33(42,26-12-14-28(38)15-13-26)25-8-10-27(11-9-25)34(35,36)37)18-21-40(22-19-32)23-24-6-16-29(17-7-24)44-30-5-3-4-20-39-30/h3-17,20,42H,2,18-19,21-23,38H2,1H3. The quantitative estimate of drug-likeness (QED) is 0.165. The molecule has 0 bridgehead atoms. The third kappa shape index (κ3) is 6.27. The number of rotatable bonds is 9. The van der Waals surface area contributed by atoms with Crippen molar-refractivity contribution in [2.24, 2.45) is 5.41 Å². The number of pyridine rings is 1. The smallest absolute Gasteiger partial charge is 0.416 e. The van der Waals surface area contributed by atoms with Crippen LogP contribution in [0.3, 0.4) is 0 Å². The van der Waals surface area contributed by atoms with Crippen molar-refractivity contribution in [1.82, 2.24) is 9.88 Å². The lowest BCUT2D eigenvalue weighted by Crippen LogP contribution is -2.57. The SMILES string of the molecule is CCOC(=O)C1(C(O)(c2ccc(N)cc2)c2ccc(C(F)(F)F)cc2)CCN(Cc2ccc(Oc3ccccn3)cc2)CC1. The van der Waals surface area contributed by atoms with Crippen LogP contribution in [0.25, 0.3) is 0 Å². The molecule has 0 radical (unpaired) electrons. The number of nitrogen functional groups attached to an aromatic ring is 1. The molecule has 1 aliphatic rings. The van der Waals surface area contributed by atoms with E-state index in [0.717, 1.165) is 17.7 Å². The summed E-state index contributed by atoms with van der Waals surface area (Å²) in [6.07, 6.45) is -2.49. The zero-order chi connectivity index (χ0) is 31.4. The maximum atomic E-state index is 13.8. The Morgan fingerprint density at radius 2 is 1.50 bits per heavy atom. The number of aliphatic hydroxyl groups is 1. The normalized spacial score (nSPS) is 16.6. The molecule has 44 heavy (non-hydrogen) atoms. The molecule has 1 unspecified atom stereocenters. The molecule has 1 aromatic heterocycles. The van der Waals surface area contributed by atoms with E-state index in [1.165, 1.54) is 12.1 Å². The van der Waals surface area contributed by atoms with E-state index >= 15 is 0 Å². The van der Waals surface area contributed by atoms with Gasteiger partial charge in [-0.05, 0) is 92.0 Å². The Morgan fingerprint density at radius 1 is 0.909 bits per heavy atom. The van der Waals surface area contributed by atoms with Crippen molar-refractivity contribution in [2.75, 3.05) is 25.4 Å². The molecule has 3 N–H and O–H groups in total. The Morgan fingerprint density at radius 3 is 2.05 bits per heavy atom. The molecule has 230 valence electrons. The lowest BCUT2D eigenvalue weighted by atomic mass is 9.60. The van der Waals surface area contributed by atoms with E-state index in [-0.39, 0.29) is 25.0 Å². The Balaban J connectivity index is 1.43. The summed E-state index contributed by atoms with van der Waals surface area (Å²) in [5, 5.41) is 12.7. The van der Waals surface area contributed by atoms with Crippen LogP contribution in [0.5, 0.6) is 11.6 Å². The first-order valence-corrected chi connectivity index (χ1v) is 14.4. The summed E-state index contributed by atoms with van der Waals surface area (Å²) >= 11 is 0. The average Bonchev–Trinajstić information content (AvgIpc) is 3.02. The van der Waals surface area contributed by atoms with Crippen molar-refractivity contribution in [3.63, 3.8) is 0 Å². The van der Waals surface area contributed by atoms with Crippen LogP contribution in [0, 0.1) is 5.41 Å². The number of esters is 1. The van der Waals surface area contributed by atoms with Gasteiger partial charge in [-0.2, -0.15) is 13.2 Å². The number of nitrogens with two attached hydrogens (primary N) is 1. The van der Waals surface area contributed by atoms with Gasteiger partial charge in [0.25, 0.3) is 0 Å². The van der Waals surface area contributed by atoms with Crippen LogP contribution < -0.4 is 10.5 Å². The number of piperidine rings is 1. The van der Waals surface area contributed by atoms with E-state index in [0.29, 0.717) is 42.5 Å². The van der Waals surface area contributed by atoms with Gasteiger partial charge in [0.15, 0.2) is 0 Å². The number of alkyl halides is 3. The average molecular weight is 606 g/mol. The summed E-state index contributed by atoms with van der Waals surface area (Å²) in [4.78, 5) is 20.2. The summed E-state index contributed by atoms with van der Waals surface area (Å²) < 4.78 is 51.6. The van der Waals surface area contributed by atoms with E-state index in [1.54, 1.807) is 43.5 Å². The molecular formula is C34H34F3N3O4. The number of likely N-dealkylation sites (tertiary alicyclic amines) is 1. The highest BCUT2D eigenvalue weighted by atomic mass is 19.4. The Kier molecular flexibility index (Phi) is 8.94. The van der Waals surface area contributed by atoms with Gasteiger partial charge >= 0.3 is 12.1 Å². The third-order valence-corrected chi connectivity index (χ3v) is 8.22. The fourth-order valence-corrected chi connectivity index (χ4v) is 5.87. The van der Waals surface area contributed by atoms with Gasteiger partial charge in [0.05, 0.1) is 12.2 Å². The lowest BCUT2D eigenvalue weighted by molar-refractivity contribution is -0.179. The Labute approximate surface area is 254 Å². The van der Waals surface area contributed by atoms with Crippen LogP contribution >= 0.6 is 0 Å². The van der Waals surface area contributed by atoms with Crippen LogP contribution in [0.2, 0.25) is 0 Å². The molecule has 5 rings (SSSR count). The van der Waals surface area contributed by atoms with Crippen LogP contribution in [0.15, 0.2) is 97.2 Å². The number of benzene rings is 3. The lowest BCUT2D eigenvalue weighted by Gasteiger charge is -2.50. The maximum absolute atomic E-state index is 13.8. The van der Waals surface area contributed by atoms with Gasteiger partial charge in [0.1, 0.15) is 16.8 Å². The molecular weight excluding hydrogens is 571 g/mol. The molecule has 3 aromatic carbocycles. The van der Waals surface area contributed by atoms with Crippen LogP contribution in [0.1, 0.15) is 42.0 Å². The number of halogens is 3. The highest BCUT2D eigenvalue weighted by Crippen LogP contribution is 2.53. The molecule has 0 aliphatic carbocycles. The van der Waals surface area contributed by atoms with E-state index in [4.69, 9.17) is 15.2 Å². The minimum absolute atomic E-state index is 0.0854. The summed E-state index contributed by atoms with van der Waals surface area (Å²) in [6, 6.07) is 23.8. The number of ether oxygens (including phenoxy) is 2. The summed E-state index contributed by atoms with van der Waals surface area (Å²) in [6.45, 7) is 3.22. The first kappa shape index (κ1) is 31.0. The van der Waals surface area contributed by atoms with Crippen molar-refractivity contribution in [2.45, 2.75) is 38.1 Å². The van der Waals surface area contributed by atoms with Crippen LogP contribution in [0.4, 0.5) is 18.9 Å². The summed E-state index contributed by atoms with van der Waals surface area (Å²) in [5.74, 6) is 0.542. The highest BCUT2D eigenvalue weighted by molar-refractivity contribution is 5.80. The first-order valence-electron chi connectivity index (χ1n) is 14.4. The van der Waals surface area contributed by atoms with Gasteiger partial charge in [0.2, 0.25) is 5.88 Å². The molecule has 1 atom stereocenters. The third-order valence-electron chi connectivity index (χ3n) is 8.22. The van der Waals surface area contributed by atoms with E-state index in [2.05, 4.69) is 9.88 Å². The minimum Gasteiger partial charge on any atom is -0.465 e. The van der Waals surface area contributed by atoms with Crippen molar-refractivity contribution in [3.8, 4) is 11.6 Å². The molecule has 2 heterocycles. The second-order valence-corrected chi connectivity index (χ2v) is 10.9. The van der Waals surface area contributed by atoms with Crippen molar-refractivity contribution < 1.29 is 32.5 Å². The predicted molar refractivity (Wildman–Crippen MR) is 160 cm³/mol. The Hall–Kier alpha value is -4.41. The molecule has 1 aliphatic heterocycles. The molecule has 10 heteroatoms. The molecule has 7 nitrogen and oxygen atoms in total. The molecule has 0 amide bonds. The molecule has 4 aromatic rings. The largest absolute Gasteiger partial charge is 0.465 e. The summed E-state index contributed by atoms with van der Waals surface area (Å²) in [7, 11) is 0. The fraction of sp³-hybridized carbons (Fsp3) is 0.294. The molecule has 1 saturated heterocycles. The zero-order valence-corrected chi connectivity index (χ0v) is 24.3. The van der Waals surface area contributed by atoms with Gasteiger partial charge in [-0.15, -0.1) is 0 Å². The number of aromatic nitrogens is 1. The van der Waals surface area contributed by atoms with Gasteiger partial charge in [-0.3, -0.25) is 9.69 Å². The number of hydrogen-bond donors (Lipinski definition) is 2. The minimum atomic E-state index is -4.55. The number of carbonyl (C=O) groups excluding carboxylic acids is 1. The van der Waals surface area contributed by atoms with Crippen molar-refractivity contribution in [1.29, 1.82) is 0 Å². The van der Waals surface area contributed by atoms with Gasteiger partial charge < -0.3 is 20.3 Å². The number of anilines is 1. The maximum Gasteiger partial charge on any atom is 0.416 e. The zero-order valence-electron chi connectivity index (χ0n) is 24.3. The van der Waals surface area contributed by atoms with Gasteiger partial charge in [-0.25, -0.2) is 4.98 Å². The van der Waals surface area contributed by atoms with E-state index in [9.17, 15) is 23.1 Å². The monoisotopic (exact) mass is 605 g/mol. The number of hydrogen-bond acceptors (Lipinski definition) is 7. The van der Waals surface area contributed by atoms with Crippen molar-refractivity contribution in [3.05, 3.63) is 119 Å². The topological polar surface area (TPSA) is 97.9 Å². The Bertz CT molecular complexity index is 1540. The predicted octanol–water partition coefficient (Wildman–Crippen LogP) is 6.56. The highest BCUT2D eigenvalue weighted by Gasteiger charge is 2.59. The van der Waals surface area contributed by atoms with Crippen LogP contribution in [-0.2, 0) is 27.9 Å². The van der Waals surface area contributed by atoms with Gasteiger partial charge in [-0.1, -0.05) is 42.5 Å². The van der Waals surface area contributed by atoms with Crippen molar-refractivity contribution >= 4 is 11.7 Å². The first-order chi connectivity index (χ1) is 21.0. The molecule has 1 fully saturated rings. The second-order valence-electron chi connectivity index (χ2n) is 10.9. The number of nitrogens with zero attached hydrogens (tertiary/aromatic N) is 2. The van der Waals surface area contributed by atoms with E-state index < -0.39 is 28.7 Å². The van der Waals surface area contributed by atoms with E-state index in [1.807, 2.05) is 36.4 Å². The van der Waals surface area contributed by atoms with Gasteiger partial charge in [0, 0.05) is 24.5 Å².